The summed E-state index contributed by atoms with van der Waals surface area (Å²) in [7, 11) is 0. The van der Waals surface area contributed by atoms with E-state index >= 15 is 0 Å². The van der Waals surface area contributed by atoms with Crippen LogP contribution in [0.1, 0.15) is 19.3 Å². The van der Waals surface area contributed by atoms with Gasteiger partial charge in [-0.2, -0.15) is 0 Å². The fourth-order valence-corrected chi connectivity index (χ4v) is 2.94. The molecule has 1 aliphatic carbocycles. The normalized spacial score (nSPS) is 18.3. The minimum atomic E-state index is 0.172. The summed E-state index contributed by atoms with van der Waals surface area (Å²) in [5.41, 5.74) is 0. The van der Waals surface area contributed by atoms with Gasteiger partial charge in [0.15, 0.2) is 0 Å². The van der Waals surface area contributed by atoms with Crippen LogP contribution in [0.3, 0.4) is 0 Å². The SMILES string of the molecule is O=C(NCCSc1ccc(Cl)cc1)[C@@H]1CC=CCC1. The van der Waals surface area contributed by atoms with Crippen molar-refractivity contribution in [1.82, 2.24) is 5.32 Å². The number of halogens is 1. The van der Waals surface area contributed by atoms with Gasteiger partial charge in [-0.25, -0.2) is 0 Å². The highest BCUT2D eigenvalue weighted by Gasteiger charge is 2.17. The number of allylic oxidation sites excluding steroid dienone is 2. The largest absolute Gasteiger partial charge is 0.355 e. The lowest BCUT2D eigenvalue weighted by atomic mass is 9.94. The number of carbonyl (C=O) groups is 1. The lowest BCUT2D eigenvalue weighted by Gasteiger charge is -2.17. The molecule has 4 heteroatoms. The van der Waals surface area contributed by atoms with E-state index < -0.39 is 0 Å². The van der Waals surface area contributed by atoms with E-state index in [1.165, 1.54) is 4.90 Å². The maximum absolute atomic E-state index is 11.9. The van der Waals surface area contributed by atoms with Crippen molar-refractivity contribution in [3.05, 3.63) is 41.4 Å². The maximum Gasteiger partial charge on any atom is 0.223 e. The van der Waals surface area contributed by atoms with Crippen molar-refractivity contribution in [2.75, 3.05) is 12.3 Å². The van der Waals surface area contributed by atoms with Gasteiger partial charge in [-0.15, -0.1) is 11.8 Å². The van der Waals surface area contributed by atoms with Gasteiger partial charge in [0.25, 0.3) is 0 Å². The third-order valence-corrected chi connectivity index (χ3v) is 4.39. The van der Waals surface area contributed by atoms with E-state index in [1.54, 1.807) is 11.8 Å². The second kappa shape index (κ2) is 7.61. The van der Waals surface area contributed by atoms with E-state index in [1.807, 2.05) is 24.3 Å². The number of thioether (sulfide) groups is 1. The van der Waals surface area contributed by atoms with Crippen molar-refractivity contribution < 1.29 is 4.79 Å². The molecule has 0 saturated carbocycles. The molecule has 0 fully saturated rings. The average Bonchev–Trinajstić information content (AvgIpc) is 2.46. The molecule has 0 bridgehead atoms. The van der Waals surface area contributed by atoms with Gasteiger partial charge >= 0.3 is 0 Å². The molecule has 1 aliphatic rings. The van der Waals surface area contributed by atoms with Crippen LogP contribution in [0.15, 0.2) is 41.3 Å². The van der Waals surface area contributed by atoms with Crippen molar-refractivity contribution in [2.24, 2.45) is 5.92 Å². The quantitative estimate of drug-likeness (QED) is 0.507. The molecule has 0 unspecified atom stereocenters. The summed E-state index contributed by atoms with van der Waals surface area (Å²) < 4.78 is 0. The monoisotopic (exact) mass is 295 g/mol. The van der Waals surface area contributed by atoms with Crippen molar-refractivity contribution in [3.63, 3.8) is 0 Å². The molecule has 102 valence electrons. The van der Waals surface area contributed by atoms with Crippen LogP contribution in [0.5, 0.6) is 0 Å². The summed E-state index contributed by atoms with van der Waals surface area (Å²) in [5, 5.41) is 3.77. The fourth-order valence-electron chi connectivity index (χ4n) is 2.05. The van der Waals surface area contributed by atoms with Gasteiger partial charge in [-0.05, 0) is 43.5 Å². The number of rotatable bonds is 5. The third-order valence-electron chi connectivity index (χ3n) is 3.12. The zero-order valence-electron chi connectivity index (χ0n) is 10.8. The van der Waals surface area contributed by atoms with Gasteiger partial charge in [0.05, 0.1) is 0 Å². The number of benzene rings is 1. The first-order valence-electron chi connectivity index (χ1n) is 6.57. The standard InChI is InChI=1S/C15H18ClNOS/c16-13-6-8-14(9-7-13)19-11-10-17-15(18)12-4-2-1-3-5-12/h1-2,6-9,12H,3-5,10-11H2,(H,17,18)/t12-/m1/s1. The van der Waals surface area contributed by atoms with E-state index in [4.69, 9.17) is 11.6 Å². The molecular weight excluding hydrogens is 278 g/mol. The minimum absolute atomic E-state index is 0.172. The highest BCUT2D eigenvalue weighted by molar-refractivity contribution is 7.99. The van der Waals surface area contributed by atoms with Crippen LogP contribution in [0, 0.1) is 5.92 Å². The average molecular weight is 296 g/mol. The molecule has 2 nitrogen and oxygen atoms in total. The third kappa shape index (κ3) is 4.92. The Morgan fingerprint density at radius 2 is 2.11 bits per heavy atom. The zero-order chi connectivity index (χ0) is 13.5. The van der Waals surface area contributed by atoms with Crippen molar-refractivity contribution in [1.29, 1.82) is 0 Å². The Balaban J connectivity index is 1.65. The molecule has 0 saturated heterocycles. The van der Waals surface area contributed by atoms with E-state index in [0.29, 0.717) is 6.54 Å². The molecule has 1 aromatic rings. The number of carbonyl (C=O) groups excluding carboxylic acids is 1. The van der Waals surface area contributed by atoms with E-state index in [2.05, 4.69) is 17.5 Å². The lowest BCUT2D eigenvalue weighted by molar-refractivity contribution is -0.125. The molecule has 1 atom stereocenters. The number of hydrogen-bond donors (Lipinski definition) is 1. The fraction of sp³-hybridized carbons (Fsp3) is 0.400. The first kappa shape index (κ1) is 14.5. The smallest absolute Gasteiger partial charge is 0.223 e. The van der Waals surface area contributed by atoms with Crippen LogP contribution in [0.2, 0.25) is 5.02 Å². The first-order chi connectivity index (χ1) is 9.25. The Morgan fingerprint density at radius 1 is 1.32 bits per heavy atom. The van der Waals surface area contributed by atoms with Crippen LogP contribution in [0.4, 0.5) is 0 Å². The summed E-state index contributed by atoms with van der Waals surface area (Å²) >= 11 is 7.56. The Bertz CT molecular complexity index is 444. The van der Waals surface area contributed by atoms with Gasteiger partial charge in [-0.3, -0.25) is 4.79 Å². The second-order valence-electron chi connectivity index (χ2n) is 4.57. The summed E-state index contributed by atoms with van der Waals surface area (Å²) in [5.74, 6) is 1.25. The summed E-state index contributed by atoms with van der Waals surface area (Å²) in [4.78, 5) is 13.1. The minimum Gasteiger partial charge on any atom is -0.355 e. The number of nitrogens with one attached hydrogen (secondary N) is 1. The summed E-state index contributed by atoms with van der Waals surface area (Å²) in [6.45, 7) is 0.715. The Labute approximate surface area is 123 Å². The lowest BCUT2D eigenvalue weighted by Crippen LogP contribution is -2.32. The van der Waals surface area contributed by atoms with Gasteiger partial charge in [-0.1, -0.05) is 23.8 Å². The molecule has 2 rings (SSSR count). The van der Waals surface area contributed by atoms with Crippen LogP contribution in [-0.2, 0) is 4.79 Å². The number of amides is 1. The number of hydrogen-bond acceptors (Lipinski definition) is 2. The van der Waals surface area contributed by atoms with Crippen LogP contribution in [0.25, 0.3) is 0 Å². The molecule has 1 aromatic carbocycles. The molecule has 0 spiro atoms. The van der Waals surface area contributed by atoms with E-state index in [-0.39, 0.29) is 11.8 Å². The molecule has 0 aliphatic heterocycles. The summed E-state index contributed by atoms with van der Waals surface area (Å²) in [6, 6.07) is 7.77. The van der Waals surface area contributed by atoms with E-state index in [0.717, 1.165) is 30.0 Å². The molecule has 0 aromatic heterocycles. The van der Waals surface area contributed by atoms with E-state index in [9.17, 15) is 4.79 Å². The molecule has 0 heterocycles. The van der Waals surface area contributed by atoms with Crippen LogP contribution < -0.4 is 5.32 Å². The highest BCUT2D eigenvalue weighted by atomic mass is 35.5. The van der Waals surface area contributed by atoms with Gasteiger partial charge in [0.1, 0.15) is 0 Å². The molecular formula is C15H18ClNOS. The summed E-state index contributed by atoms with van der Waals surface area (Å²) in [6.07, 6.45) is 7.15. The topological polar surface area (TPSA) is 29.1 Å². The molecule has 1 N–H and O–H groups in total. The predicted octanol–water partition coefficient (Wildman–Crippen LogP) is 3.90. The molecule has 1 amide bonds. The van der Waals surface area contributed by atoms with Crippen LogP contribution in [-0.4, -0.2) is 18.2 Å². The van der Waals surface area contributed by atoms with Gasteiger partial charge in [0, 0.05) is 28.1 Å². The highest BCUT2D eigenvalue weighted by Crippen LogP contribution is 2.20. The van der Waals surface area contributed by atoms with Crippen molar-refractivity contribution in [3.8, 4) is 0 Å². The zero-order valence-corrected chi connectivity index (χ0v) is 12.3. The molecule has 0 radical (unpaired) electrons. The Morgan fingerprint density at radius 3 is 2.79 bits per heavy atom. The van der Waals surface area contributed by atoms with Gasteiger partial charge in [0.2, 0.25) is 5.91 Å². The Kier molecular flexibility index (Phi) is 5.80. The van der Waals surface area contributed by atoms with Crippen molar-refractivity contribution >= 4 is 29.3 Å². The predicted molar refractivity (Wildman–Crippen MR) is 81.7 cm³/mol. The van der Waals surface area contributed by atoms with Gasteiger partial charge < -0.3 is 5.32 Å². The van der Waals surface area contributed by atoms with Crippen molar-refractivity contribution in [2.45, 2.75) is 24.2 Å². The van der Waals surface area contributed by atoms with Crippen LogP contribution >= 0.6 is 23.4 Å². The maximum atomic E-state index is 11.9. The Hall–Kier alpha value is -0.930. The second-order valence-corrected chi connectivity index (χ2v) is 6.18. The molecule has 19 heavy (non-hydrogen) atoms. The first-order valence-corrected chi connectivity index (χ1v) is 7.93.